The van der Waals surface area contributed by atoms with Crippen molar-refractivity contribution in [1.82, 2.24) is 0 Å². The van der Waals surface area contributed by atoms with Gasteiger partial charge in [0.05, 0.1) is 0 Å². The SMILES string of the molecule is O=[As]([O-])([O-])[O][Ti].[Rb+].[Rb+]. The van der Waals surface area contributed by atoms with E-state index in [1.54, 1.807) is 0 Å². The van der Waals surface area contributed by atoms with Crippen LogP contribution in [0.25, 0.3) is 0 Å². The molecule has 0 fully saturated rings. The third-order valence-corrected chi connectivity index (χ3v) is 2.40. The fourth-order valence-corrected chi connectivity index (χ4v) is 0. The Labute approximate surface area is 160 Å². The van der Waals surface area contributed by atoms with E-state index in [4.69, 9.17) is 0 Å². The van der Waals surface area contributed by atoms with Gasteiger partial charge in [0.15, 0.2) is 0 Å². The first kappa shape index (κ1) is 18.4. The van der Waals surface area contributed by atoms with E-state index in [2.05, 4.69) is 2.31 Å². The van der Waals surface area contributed by atoms with Crippen LogP contribution in [0.2, 0.25) is 0 Å². The van der Waals surface area contributed by atoms with Gasteiger partial charge < -0.3 is 0 Å². The summed E-state index contributed by atoms with van der Waals surface area (Å²) in [4.78, 5) is 0. The molecular weight excluding hydrogens is 358 g/mol. The van der Waals surface area contributed by atoms with E-state index in [0.29, 0.717) is 0 Å². The second-order valence-electron chi connectivity index (χ2n) is 0.539. The summed E-state index contributed by atoms with van der Waals surface area (Å²) in [5.74, 6) is 0. The Morgan fingerprint density at radius 2 is 1.50 bits per heavy atom. The third kappa shape index (κ3) is 16.9. The van der Waals surface area contributed by atoms with E-state index in [9.17, 15) is 11.9 Å². The molecule has 0 aromatic heterocycles. The fourth-order valence-electron chi connectivity index (χ4n) is 0. The average molecular weight is 358 g/mol. The van der Waals surface area contributed by atoms with E-state index in [1.165, 1.54) is 0 Å². The topological polar surface area (TPSA) is 72.4 Å². The maximum atomic E-state index is 9.31. The monoisotopic (exact) mass is 357 g/mol. The molecule has 0 aromatic carbocycles. The van der Waals surface area contributed by atoms with E-state index >= 15 is 0 Å². The Hall–Kier alpha value is 4.56. The molecule has 0 rings (SSSR count). The van der Waals surface area contributed by atoms with Gasteiger partial charge >= 0.3 is 166 Å². The van der Waals surface area contributed by atoms with Gasteiger partial charge in [0.2, 0.25) is 0 Å². The van der Waals surface area contributed by atoms with Crippen LogP contribution in [0, 0.1) is 0 Å². The predicted octanol–water partition coefficient (Wildman–Crippen LogP) is -8.94. The van der Waals surface area contributed by atoms with Crippen LogP contribution in [0.5, 0.6) is 0 Å². The molecule has 35 valence electrons. The maximum absolute atomic E-state index is 9.31. The third-order valence-electron chi connectivity index (χ3n) is 0.112. The van der Waals surface area contributed by atoms with Crippen LogP contribution < -0.4 is 125 Å². The Morgan fingerprint density at radius 1 is 1.38 bits per heavy atom. The second kappa shape index (κ2) is 9.65. The van der Waals surface area contributed by atoms with Crippen molar-refractivity contribution in [1.29, 1.82) is 0 Å². The zero-order valence-corrected chi connectivity index (χ0v) is 17.9. The van der Waals surface area contributed by atoms with E-state index in [-0.39, 0.29) is 116 Å². The molecule has 0 unspecified atom stereocenters. The number of hydrogen-bond acceptors (Lipinski definition) is 4. The minimum Gasteiger partial charge on any atom is 1.00 e. The van der Waals surface area contributed by atoms with Crippen LogP contribution in [0.3, 0.4) is 0 Å². The molecule has 0 amide bonds. The molecule has 0 spiro atoms. The van der Waals surface area contributed by atoms with Gasteiger partial charge in [-0.05, 0) is 0 Å². The summed E-state index contributed by atoms with van der Waals surface area (Å²) in [6, 6.07) is 0. The maximum Gasteiger partial charge on any atom is 1.00 e. The first-order chi connectivity index (χ1) is 2.56. The molecule has 0 aromatic rings. The average Bonchev–Trinajstić information content (AvgIpc) is 1.35. The number of rotatable bonds is 1. The molecule has 0 bridgehead atoms. The molecule has 0 saturated heterocycles. The Balaban J connectivity index is -0.000000125. The molecule has 0 N–H and O–H groups in total. The molecule has 0 heterocycles. The number of hydrogen-bond donors (Lipinski definition) is 0. The normalized spacial score (nSPS) is 8.62. The summed E-state index contributed by atoms with van der Waals surface area (Å²) in [5, 5.41) is 0. The Kier molecular flexibility index (Phi) is 22.2. The van der Waals surface area contributed by atoms with E-state index < -0.39 is 14.5 Å². The molecule has 0 radical (unpaired) electrons. The van der Waals surface area contributed by atoms with Crippen LogP contribution in [0.1, 0.15) is 0 Å². The molecule has 0 aliphatic rings. The van der Waals surface area contributed by atoms with Crippen LogP contribution in [0.4, 0.5) is 0 Å². The van der Waals surface area contributed by atoms with E-state index in [1.807, 2.05) is 0 Å². The minimum absolute atomic E-state index is 0. The van der Waals surface area contributed by atoms with Crippen molar-refractivity contribution >= 4 is 14.5 Å². The molecule has 0 aliphatic carbocycles. The van der Waals surface area contributed by atoms with Gasteiger partial charge in [-0.3, -0.25) is 0 Å². The summed E-state index contributed by atoms with van der Waals surface area (Å²) in [7, 11) is 0. The van der Waals surface area contributed by atoms with Crippen molar-refractivity contribution in [3.8, 4) is 0 Å². The first-order valence-electron chi connectivity index (χ1n) is 0.934. The van der Waals surface area contributed by atoms with Crippen LogP contribution in [-0.2, 0) is 26.9 Å². The molecule has 0 saturated carbocycles. The Morgan fingerprint density at radius 3 is 1.50 bits per heavy atom. The van der Waals surface area contributed by atoms with Crippen molar-refractivity contribution in [3.05, 3.63) is 0 Å². The van der Waals surface area contributed by atoms with E-state index in [0.717, 1.165) is 20.8 Å². The van der Waals surface area contributed by atoms with Gasteiger partial charge in [-0.15, -0.1) is 0 Å². The molecule has 0 atom stereocenters. The summed E-state index contributed by atoms with van der Waals surface area (Å²) >= 11 is -4.31. The molecular formula is AsO4Rb2Ti. The summed E-state index contributed by atoms with van der Waals surface area (Å²) in [6.07, 6.45) is 0. The smallest absolute Gasteiger partial charge is 1.00 e. The van der Waals surface area contributed by atoms with Crippen LogP contribution in [0.15, 0.2) is 0 Å². The first-order valence-corrected chi connectivity index (χ1v) is 4.64. The van der Waals surface area contributed by atoms with Gasteiger partial charge in [-0.1, -0.05) is 0 Å². The minimum atomic E-state index is -5.16. The van der Waals surface area contributed by atoms with Crippen LogP contribution in [-0.4, -0.2) is 14.5 Å². The van der Waals surface area contributed by atoms with Crippen molar-refractivity contribution < 1.29 is 151 Å². The molecule has 0 aliphatic heterocycles. The summed E-state index contributed by atoms with van der Waals surface area (Å²) in [5.41, 5.74) is 0. The quantitative estimate of drug-likeness (QED) is 0.437. The molecule has 8 heteroatoms. The molecule has 8 heavy (non-hydrogen) atoms. The van der Waals surface area contributed by atoms with Gasteiger partial charge in [0.1, 0.15) is 0 Å². The van der Waals surface area contributed by atoms with Gasteiger partial charge in [0.25, 0.3) is 0 Å². The van der Waals surface area contributed by atoms with Gasteiger partial charge in [0, 0.05) is 0 Å². The predicted molar refractivity (Wildman–Crippen MR) is 7.53 cm³/mol. The van der Waals surface area contributed by atoms with Crippen molar-refractivity contribution in [2.45, 2.75) is 0 Å². The summed E-state index contributed by atoms with van der Waals surface area (Å²) < 4.78 is 31.4. The standard InChI is InChI=1S/AsH3O4.2Rb.Ti/c2-1(3,4)5;;;/h(H3,2,3,4,5);;;/q;3*+1/p-3. The van der Waals surface area contributed by atoms with Crippen molar-refractivity contribution in [2.75, 3.05) is 0 Å². The Bertz CT molecular complexity index is 78.1. The van der Waals surface area contributed by atoms with Gasteiger partial charge in [-0.2, -0.15) is 0 Å². The second-order valence-corrected chi connectivity index (χ2v) is 4.28. The largest absolute Gasteiger partial charge is 1.00 e. The summed E-state index contributed by atoms with van der Waals surface area (Å²) in [6.45, 7) is 0. The van der Waals surface area contributed by atoms with Gasteiger partial charge in [-0.25, -0.2) is 0 Å². The molecule has 4 nitrogen and oxygen atoms in total. The zero-order chi connectivity index (χ0) is 5.21. The van der Waals surface area contributed by atoms with Crippen molar-refractivity contribution in [3.63, 3.8) is 0 Å². The van der Waals surface area contributed by atoms with Crippen LogP contribution >= 0.6 is 0 Å². The van der Waals surface area contributed by atoms with Crippen molar-refractivity contribution in [2.24, 2.45) is 0 Å². The zero-order valence-electron chi connectivity index (χ0n) is 4.58. The fraction of sp³-hybridized carbons (Fsp3) is 0.